The minimum absolute atomic E-state index is 0.114. The minimum atomic E-state index is -0.114. The molecule has 0 fully saturated rings. The number of hydrazine groups is 1. The van der Waals surface area contributed by atoms with Gasteiger partial charge in [0.15, 0.2) is 0 Å². The molecule has 0 bridgehead atoms. The van der Waals surface area contributed by atoms with Gasteiger partial charge in [-0.25, -0.2) is 5.43 Å². The molecular formula is C11H12ClIN2O. The minimum Gasteiger partial charge on any atom is -0.496 e. The van der Waals surface area contributed by atoms with Crippen LogP contribution in [0, 0.1) is 3.57 Å². The van der Waals surface area contributed by atoms with E-state index in [2.05, 4.69) is 34.1 Å². The number of benzene rings is 1. The first-order chi connectivity index (χ1) is 7.72. The average molecular weight is 351 g/mol. The van der Waals surface area contributed by atoms with Crippen LogP contribution in [0.2, 0.25) is 5.02 Å². The first kappa shape index (κ1) is 12.2. The van der Waals surface area contributed by atoms with Crippen LogP contribution >= 0.6 is 34.2 Å². The molecule has 3 nitrogen and oxygen atoms in total. The van der Waals surface area contributed by atoms with E-state index < -0.39 is 0 Å². The molecule has 0 aliphatic carbocycles. The van der Waals surface area contributed by atoms with Gasteiger partial charge in [0.2, 0.25) is 0 Å². The molecule has 1 aromatic rings. The molecule has 0 saturated heterocycles. The van der Waals surface area contributed by atoms with Gasteiger partial charge in [0.1, 0.15) is 11.8 Å². The summed E-state index contributed by atoms with van der Waals surface area (Å²) in [5.74, 6) is 6.43. The zero-order valence-electron chi connectivity index (χ0n) is 8.54. The fraction of sp³-hybridized carbons (Fsp3) is 0.273. The second-order valence-corrected chi connectivity index (χ2v) is 5.09. The van der Waals surface area contributed by atoms with E-state index in [4.69, 9.17) is 22.2 Å². The molecule has 0 aromatic heterocycles. The van der Waals surface area contributed by atoms with Crippen molar-refractivity contribution in [3.63, 3.8) is 0 Å². The zero-order valence-corrected chi connectivity index (χ0v) is 11.5. The Bertz CT molecular complexity index is 422. The first-order valence-electron chi connectivity index (χ1n) is 4.96. The molecular weight excluding hydrogens is 338 g/mol. The molecule has 1 heterocycles. The van der Waals surface area contributed by atoms with E-state index in [-0.39, 0.29) is 6.04 Å². The lowest BCUT2D eigenvalue weighted by Crippen LogP contribution is -2.29. The number of halogens is 2. The van der Waals surface area contributed by atoms with E-state index >= 15 is 0 Å². The van der Waals surface area contributed by atoms with Crippen molar-refractivity contribution in [1.82, 2.24) is 5.43 Å². The van der Waals surface area contributed by atoms with E-state index in [0.717, 1.165) is 32.9 Å². The third-order valence-corrected chi connectivity index (χ3v) is 4.03. The maximum Gasteiger partial charge on any atom is 0.115 e. The molecule has 0 amide bonds. The van der Waals surface area contributed by atoms with Gasteiger partial charge in [-0.1, -0.05) is 17.7 Å². The van der Waals surface area contributed by atoms with Crippen LogP contribution in [0.15, 0.2) is 30.0 Å². The summed E-state index contributed by atoms with van der Waals surface area (Å²) < 4.78 is 6.53. The monoisotopic (exact) mass is 350 g/mol. The fourth-order valence-electron chi connectivity index (χ4n) is 1.67. The number of ether oxygens (including phenoxy) is 1. The Hall–Kier alpha value is -0.300. The normalized spacial score (nSPS) is 16.8. The van der Waals surface area contributed by atoms with E-state index in [1.54, 1.807) is 0 Å². The van der Waals surface area contributed by atoms with Crippen molar-refractivity contribution in [2.24, 2.45) is 5.84 Å². The summed E-state index contributed by atoms with van der Waals surface area (Å²) in [6.07, 6.45) is 2.99. The molecule has 3 N–H and O–H groups in total. The molecule has 0 saturated carbocycles. The fourth-order valence-corrected chi connectivity index (χ4v) is 2.20. The van der Waals surface area contributed by atoms with Gasteiger partial charge >= 0.3 is 0 Å². The molecule has 0 spiro atoms. The lowest BCUT2D eigenvalue weighted by atomic mass is 10.1. The number of nitrogens with one attached hydrogen (secondary N) is 1. The SMILES string of the molecule is NNC(C1=CCCO1)c1ccc(I)c(Cl)c1. The summed E-state index contributed by atoms with van der Waals surface area (Å²) in [5, 5.41) is 0.733. The van der Waals surface area contributed by atoms with Gasteiger partial charge in [-0.2, -0.15) is 0 Å². The predicted octanol–water partition coefficient (Wildman–Crippen LogP) is 2.75. The smallest absolute Gasteiger partial charge is 0.115 e. The highest BCUT2D eigenvalue weighted by Gasteiger charge is 2.19. The standard InChI is InChI=1S/C11H12ClIN2O/c12-8-6-7(3-4-9(8)13)11(15-14)10-2-1-5-16-10/h2-4,6,11,15H,1,5,14H2. The summed E-state index contributed by atoms with van der Waals surface area (Å²) in [4.78, 5) is 0. The molecule has 86 valence electrons. The number of hydrogen-bond donors (Lipinski definition) is 2. The molecule has 1 aliphatic rings. The van der Waals surface area contributed by atoms with Gasteiger partial charge in [0, 0.05) is 9.99 Å². The Balaban J connectivity index is 2.29. The molecule has 1 atom stereocenters. The van der Waals surface area contributed by atoms with Crippen molar-refractivity contribution in [3.05, 3.63) is 44.2 Å². The van der Waals surface area contributed by atoms with Gasteiger partial charge in [0.25, 0.3) is 0 Å². The van der Waals surface area contributed by atoms with Gasteiger partial charge < -0.3 is 4.74 Å². The average Bonchev–Trinajstić information content (AvgIpc) is 2.78. The van der Waals surface area contributed by atoms with Crippen LogP contribution < -0.4 is 11.3 Å². The first-order valence-corrected chi connectivity index (χ1v) is 6.42. The summed E-state index contributed by atoms with van der Waals surface area (Å²) in [6, 6.07) is 5.77. The highest BCUT2D eigenvalue weighted by Crippen LogP contribution is 2.29. The van der Waals surface area contributed by atoms with E-state index in [0.29, 0.717) is 0 Å². The lowest BCUT2D eigenvalue weighted by molar-refractivity contribution is 0.215. The number of nitrogens with two attached hydrogens (primary N) is 1. The maximum absolute atomic E-state index is 6.09. The Morgan fingerprint density at radius 1 is 1.50 bits per heavy atom. The largest absolute Gasteiger partial charge is 0.496 e. The van der Waals surface area contributed by atoms with Crippen molar-refractivity contribution >= 4 is 34.2 Å². The molecule has 1 unspecified atom stereocenters. The third-order valence-electron chi connectivity index (χ3n) is 2.46. The Morgan fingerprint density at radius 3 is 2.88 bits per heavy atom. The Morgan fingerprint density at radius 2 is 2.31 bits per heavy atom. The van der Waals surface area contributed by atoms with Crippen molar-refractivity contribution in [1.29, 1.82) is 0 Å². The Labute approximate surface area is 113 Å². The summed E-state index contributed by atoms with van der Waals surface area (Å²) in [6.45, 7) is 0.728. The van der Waals surface area contributed by atoms with Gasteiger partial charge in [-0.3, -0.25) is 5.84 Å². The highest BCUT2D eigenvalue weighted by molar-refractivity contribution is 14.1. The van der Waals surface area contributed by atoms with Gasteiger partial charge in [-0.05, 0) is 46.4 Å². The van der Waals surface area contributed by atoms with E-state index in [1.165, 1.54) is 0 Å². The van der Waals surface area contributed by atoms with Gasteiger partial charge in [-0.15, -0.1) is 0 Å². The molecule has 0 radical (unpaired) electrons. The number of hydrogen-bond acceptors (Lipinski definition) is 3. The van der Waals surface area contributed by atoms with Crippen molar-refractivity contribution in [2.45, 2.75) is 12.5 Å². The van der Waals surface area contributed by atoms with E-state index in [9.17, 15) is 0 Å². The second-order valence-electron chi connectivity index (χ2n) is 3.52. The van der Waals surface area contributed by atoms with Crippen molar-refractivity contribution in [3.8, 4) is 0 Å². The molecule has 16 heavy (non-hydrogen) atoms. The molecule has 5 heteroatoms. The van der Waals surface area contributed by atoms with Crippen LogP contribution in [0.5, 0.6) is 0 Å². The van der Waals surface area contributed by atoms with Crippen LogP contribution in [0.3, 0.4) is 0 Å². The Kier molecular flexibility index (Phi) is 4.07. The quantitative estimate of drug-likeness (QED) is 0.501. The van der Waals surface area contributed by atoms with E-state index in [1.807, 2.05) is 18.2 Å². The maximum atomic E-state index is 6.09. The van der Waals surface area contributed by atoms with Crippen LogP contribution in [0.4, 0.5) is 0 Å². The predicted molar refractivity (Wildman–Crippen MR) is 72.9 cm³/mol. The second kappa shape index (κ2) is 5.35. The van der Waals surface area contributed by atoms with Crippen LogP contribution in [0.25, 0.3) is 0 Å². The molecule has 1 aliphatic heterocycles. The van der Waals surface area contributed by atoms with Crippen LogP contribution in [0.1, 0.15) is 18.0 Å². The van der Waals surface area contributed by atoms with Crippen LogP contribution in [-0.2, 0) is 4.74 Å². The molecule has 2 rings (SSSR count). The van der Waals surface area contributed by atoms with Crippen molar-refractivity contribution < 1.29 is 4.74 Å². The molecule has 1 aromatic carbocycles. The third kappa shape index (κ3) is 2.51. The summed E-state index contributed by atoms with van der Waals surface area (Å²) in [5.41, 5.74) is 3.77. The summed E-state index contributed by atoms with van der Waals surface area (Å²) >= 11 is 8.28. The van der Waals surface area contributed by atoms with Crippen LogP contribution in [-0.4, -0.2) is 6.61 Å². The highest BCUT2D eigenvalue weighted by atomic mass is 127. The zero-order chi connectivity index (χ0) is 11.5. The summed E-state index contributed by atoms with van der Waals surface area (Å²) in [7, 11) is 0. The lowest BCUT2D eigenvalue weighted by Gasteiger charge is -2.18. The number of rotatable bonds is 3. The van der Waals surface area contributed by atoms with Crippen molar-refractivity contribution in [2.75, 3.05) is 6.61 Å². The topological polar surface area (TPSA) is 47.3 Å². The van der Waals surface area contributed by atoms with Gasteiger partial charge in [0.05, 0.1) is 11.6 Å².